The summed E-state index contributed by atoms with van der Waals surface area (Å²) in [4.78, 5) is 12.1. The van der Waals surface area contributed by atoms with E-state index in [-0.39, 0.29) is 17.8 Å². The third-order valence-corrected chi connectivity index (χ3v) is 5.02. The molecule has 1 amide bonds. The lowest BCUT2D eigenvalue weighted by Crippen LogP contribution is -2.41. The van der Waals surface area contributed by atoms with E-state index in [2.05, 4.69) is 15.5 Å². The van der Waals surface area contributed by atoms with Crippen molar-refractivity contribution in [2.24, 2.45) is 7.05 Å². The smallest absolute Gasteiger partial charge is 0.230 e. The van der Waals surface area contributed by atoms with E-state index < -0.39 is 0 Å². The zero-order chi connectivity index (χ0) is 18.6. The lowest BCUT2D eigenvalue weighted by molar-refractivity contribution is -0.119. The number of furan rings is 1. The molecule has 1 aliphatic heterocycles. The van der Waals surface area contributed by atoms with Crippen molar-refractivity contribution < 1.29 is 18.7 Å². The van der Waals surface area contributed by atoms with Crippen LogP contribution in [-0.2, 0) is 11.8 Å². The van der Waals surface area contributed by atoms with Gasteiger partial charge in [0, 0.05) is 7.05 Å². The van der Waals surface area contributed by atoms with Crippen LogP contribution in [0.2, 0.25) is 0 Å². The molecule has 0 fully saturated rings. The second-order valence-electron chi connectivity index (χ2n) is 5.93. The first-order valence-electron chi connectivity index (χ1n) is 8.42. The van der Waals surface area contributed by atoms with E-state index in [0.29, 0.717) is 35.6 Å². The zero-order valence-electron chi connectivity index (χ0n) is 14.6. The summed E-state index contributed by atoms with van der Waals surface area (Å²) in [6.07, 6.45) is 1.37. The highest BCUT2D eigenvalue weighted by Gasteiger charge is 2.21. The standard InChI is InChI=1S/C18H18N4O4S/c1-22-17(15-7-4-8-24-15)20-21-18(22)27-11-16(23)19-9-12-10-25-13-5-2-3-6-14(13)26-12/h2-8,12H,9-11H2,1H3,(H,19,23)/t12-/m0/s1. The second-order valence-corrected chi connectivity index (χ2v) is 6.88. The molecule has 1 aromatic carbocycles. The van der Waals surface area contributed by atoms with E-state index in [0.717, 1.165) is 5.75 Å². The number of rotatable bonds is 6. The molecule has 1 aliphatic rings. The van der Waals surface area contributed by atoms with Crippen LogP contribution in [0.5, 0.6) is 11.5 Å². The van der Waals surface area contributed by atoms with Crippen molar-refractivity contribution in [2.75, 3.05) is 18.9 Å². The minimum Gasteiger partial charge on any atom is -0.486 e. The van der Waals surface area contributed by atoms with Crippen molar-refractivity contribution in [3.8, 4) is 23.1 Å². The predicted molar refractivity (Wildman–Crippen MR) is 98.8 cm³/mol. The Hall–Kier alpha value is -2.94. The average molecular weight is 386 g/mol. The highest BCUT2D eigenvalue weighted by molar-refractivity contribution is 7.99. The molecular formula is C18H18N4O4S. The zero-order valence-corrected chi connectivity index (χ0v) is 15.4. The number of hydrogen-bond acceptors (Lipinski definition) is 7. The van der Waals surface area contributed by atoms with Gasteiger partial charge in [0.1, 0.15) is 12.7 Å². The van der Waals surface area contributed by atoms with E-state index in [4.69, 9.17) is 13.9 Å². The number of benzene rings is 1. The van der Waals surface area contributed by atoms with Gasteiger partial charge in [-0.2, -0.15) is 0 Å². The molecule has 0 saturated heterocycles. The van der Waals surface area contributed by atoms with Crippen LogP contribution >= 0.6 is 11.8 Å². The van der Waals surface area contributed by atoms with Crippen molar-refractivity contribution in [1.82, 2.24) is 20.1 Å². The van der Waals surface area contributed by atoms with E-state index in [1.807, 2.05) is 37.4 Å². The molecule has 27 heavy (non-hydrogen) atoms. The number of ether oxygens (including phenoxy) is 2. The summed E-state index contributed by atoms with van der Waals surface area (Å²) in [5.41, 5.74) is 0. The summed E-state index contributed by atoms with van der Waals surface area (Å²) in [6, 6.07) is 11.1. The number of fused-ring (bicyclic) bond motifs is 1. The van der Waals surface area contributed by atoms with Gasteiger partial charge in [-0.25, -0.2) is 0 Å². The number of carbonyl (C=O) groups excluding carboxylic acids is 1. The van der Waals surface area contributed by atoms with Gasteiger partial charge in [0.15, 0.2) is 28.2 Å². The molecule has 9 heteroatoms. The Kier molecular flexibility index (Phi) is 5.01. The fourth-order valence-corrected chi connectivity index (χ4v) is 3.37. The summed E-state index contributed by atoms with van der Waals surface area (Å²) in [5.74, 6) is 2.80. The van der Waals surface area contributed by atoms with Crippen LogP contribution in [0.3, 0.4) is 0 Å². The van der Waals surface area contributed by atoms with Crippen molar-refractivity contribution in [2.45, 2.75) is 11.3 Å². The van der Waals surface area contributed by atoms with Crippen LogP contribution in [0.4, 0.5) is 0 Å². The fraction of sp³-hybridized carbons (Fsp3) is 0.278. The molecule has 3 heterocycles. The Bertz CT molecular complexity index is 925. The van der Waals surface area contributed by atoms with Gasteiger partial charge in [-0.3, -0.25) is 4.79 Å². The molecule has 1 atom stereocenters. The summed E-state index contributed by atoms with van der Waals surface area (Å²) >= 11 is 1.31. The third-order valence-electron chi connectivity index (χ3n) is 4.00. The van der Waals surface area contributed by atoms with Crippen LogP contribution in [0, 0.1) is 0 Å². The fourth-order valence-electron chi connectivity index (χ4n) is 2.63. The van der Waals surface area contributed by atoms with Crippen molar-refractivity contribution in [3.05, 3.63) is 42.7 Å². The molecule has 8 nitrogen and oxygen atoms in total. The Morgan fingerprint density at radius 3 is 2.93 bits per heavy atom. The van der Waals surface area contributed by atoms with E-state index >= 15 is 0 Å². The number of hydrogen-bond donors (Lipinski definition) is 1. The first-order valence-corrected chi connectivity index (χ1v) is 9.40. The highest BCUT2D eigenvalue weighted by atomic mass is 32.2. The van der Waals surface area contributed by atoms with Crippen molar-refractivity contribution >= 4 is 17.7 Å². The second kappa shape index (κ2) is 7.75. The maximum absolute atomic E-state index is 12.1. The summed E-state index contributed by atoms with van der Waals surface area (Å²) < 4.78 is 18.6. The number of nitrogens with zero attached hydrogens (tertiary/aromatic N) is 3. The third kappa shape index (κ3) is 3.92. The lowest BCUT2D eigenvalue weighted by Gasteiger charge is -2.26. The normalized spacial score (nSPS) is 15.5. The molecule has 0 aliphatic carbocycles. The van der Waals surface area contributed by atoms with Crippen molar-refractivity contribution in [3.63, 3.8) is 0 Å². The maximum atomic E-state index is 12.1. The summed E-state index contributed by atoms with van der Waals surface area (Å²) in [5, 5.41) is 11.7. The van der Waals surface area contributed by atoms with Gasteiger partial charge in [-0.15, -0.1) is 10.2 Å². The van der Waals surface area contributed by atoms with Gasteiger partial charge < -0.3 is 23.8 Å². The molecule has 0 spiro atoms. The van der Waals surface area contributed by atoms with Crippen LogP contribution in [0.1, 0.15) is 0 Å². The molecule has 0 unspecified atom stereocenters. The van der Waals surface area contributed by atoms with Gasteiger partial charge in [0.05, 0.1) is 18.6 Å². The molecule has 3 aromatic rings. The van der Waals surface area contributed by atoms with E-state index in [9.17, 15) is 4.79 Å². The van der Waals surface area contributed by atoms with E-state index in [1.54, 1.807) is 16.9 Å². The SMILES string of the molecule is Cn1c(SCC(=O)NC[C@H]2COc3ccccc3O2)nnc1-c1ccco1. The quantitative estimate of drug-likeness (QED) is 0.649. The van der Waals surface area contributed by atoms with Crippen LogP contribution in [0.25, 0.3) is 11.6 Å². The minimum atomic E-state index is -0.214. The molecule has 0 radical (unpaired) electrons. The Morgan fingerprint density at radius 2 is 2.11 bits per heavy atom. The largest absolute Gasteiger partial charge is 0.486 e. The lowest BCUT2D eigenvalue weighted by atomic mass is 10.2. The van der Waals surface area contributed by atoms with Gasteiger partial charge in [-0.05, 0) is 24.3 Å². The Balaban J connectivity index is 1.26. The summed E-state index contributed by atoms with van der Waals surface area (Å²) in [7, 11) is 1.84. The number of para-hydroxylation sites is 2. The first kappa shape index (κ1) is 17.5. The number of nitrogens with one attached hydrogen (secondary N) is 1. The predicted octanol–water partition coefficient (Wildman–Crippen LogP) is 2.12. The molecule has 2 aromatic heterocycles. The molecule has 0 saturated carbocycles. The number of amides is 1. The molecule has 0 bridgehead atoms. The van der Waals surface area contributed by atoms with Gasteiger partial charge in [0.2, 0.25) is 5.91 Å². The van der Waals surface area contributed by atoms with Crippen LogP contribution in [0.15, 0.2) is 52.2 Å². The number of carbonyl (C=O) groups is 1. The summed E-state index contributed by atoms with van der Waals surface area (Å²) in [6.45, 7) is 0.782. The maximum Gasteiger partial charge on any atom is 0.230 e. The molecule has 1 N–H and O–H groups in total. The Labute approximate surface area is 159 Å². The Morgan fingerprint density at radius 1 is 1.26 bits per heavy atom. The highest BCUT2D eigenvalue weighted by Crippen LogP contribution is 2.30. The van der Waals surface area contributed by atoms with Crippen molar-refractivity contribution in [1.29, 1.82) is 0 Å². The van der Waals surface area contributed by atoms with Gasteiger partial charge >= 0.3 is 0 Å². The van der Waals surface area contributed by atoms with Gasteiger partial charge in [0.25, 0.3) is 0 Å². The average Bonchev–Trinajstić information content (AvgIpc) is 3.34. The topological polar surface area (TPSA) is 91.4 Å². The first-order chi connectivity index (χ1) is 13.2. The van der Waals surface area contributed by atoms with Gasteiger partial charge in [-0.1, -0.05) is 23.9 Å². The van der Waals surface area contributed by atoms with Crippen LogP contribution < -0.4 is 14.8 Å². The van der Waals surface area contributed by atoms with Crippen LogP contribution in [-0.4, -0.2) is 45.7 Å². The minimum absolute atomic E-state index is 0.106. The molecule has 140 valence electrons. The monoisotopic (exact) mass is 386 g/mol. The molecular weight excluding hydrogens is 368 g/mol. The number of aromatic nitrogens is 3. The van der Waals surface area contributed by atoms with E-state index in [1.165, 1.54) is 11.8 Å². The molecule has 4 rings (SSSR count). The number of thioether (sulfide) groups is 1.